The van der Waals surface area contributed by atoms with Gasteiger partial charge in [-0.2, -0.15) is 13.4 Å². The normalized spacial score (nSPS) is 12.1. The molecule has 17 heteroatoms. The molecule has 0 bridgehead atoms. The number of rotatable bonds is 12. The smallest absolute Gasteiger partial charge is 0.326 e. The Hall–Kier alpha value is -4.67. The highest BCUT2D eigenvalue weighted by Gasteiger charge is 2.22. The number of nitrogens with zero attached hydrogens (tertiary/aromatic N) is 4. The molecule has 0 spiro atoms. The SMILES string of the molecule is Nc1nc2ncc(CN(CCS(=O)(=O)F)c3ccc(C(=O)NC(CCC(=O)O)C(=O)O)cc3)nc2c(=O)[nH]1. The molecule has 0 aliphatic heterocycles. The number of aromatic amines is 1. The van der Waals surface area contributed by atoms with Gasteiger partial charge in [0.25, 0.3) is 11.5 Å². The number of halogens is 1. The number of carboxylic acid groups (broad SMARTS) is 2. The summed E-state index contributed by atoms with van der Waals surface area (Å²) in [5.41, 5.74) is 5.32. The Morgan fingerprint density at radius 2 is 1.84 bits per heavy atom. The van der Waals surface area contributed by atoms with Gasteiger partial charge >= 0.3 is 22.2 Å². The summed E-state index contributed by atoms with van der Waals surface area (Å²) in [5, 5.41) is 20.2. The van der Waals surface area contributed by atoms with E-state index in [9.17, 15) is 36.6 Å². The minimum atomic E-state index is -4.84. The number of aromatic nitrogens is 4. The van der Waals surface area contributed by atoms with Gasteiger partial charge in [0.2, 0.25) is 5.95 Å². The van der Waals surface area contributed by atoms with E-state index in [1.807, 2.05) is 0 Å². The fourth-order valence-corrected chi connectivity index (χ4v) is 3.79. The Morgan fingerprint density at radius 3 is 2.45 bits per heavy atom. The molecule has 0 saturated heterocycles. The summed E-state index contributed by atoms with van der Waals surface area (Å²) in [6.45, 7) is -0.430. The molecule has 0 saturated carbocycles. The first-order chi connectivity index (χ1) is 17.8. The average molecular weight is 552 g/mol. The number of carboxylic acids is 2. The number of H-pyrrole nitrogens is 1. The molecule has 0 aliphatic rings. The minimum Gasteiger partial charge on any atom is -0.481 e. The quantitative estimate of drug-likeness (QED) is 0.181. The summed E-state index contributed by atoms with van der Waals surface area (Å²) >= 11 is 0. The lowest BCUT2D eigenvalue weighted by molar-refractivity contribution is -0.140. The van der Waals surface area contributed by atoms with Crippen LogP contribution in [0.3, 0.4) is 0 Å². The van der Waals surface area contributed by atoms with Gasteiger partial charge in [-0.05, 0) is 30.7 Å². The van der Waals surface area contributed by atoms with Crippen LogP contribution in [0.5, 0.6) is 0 Å². The first-order valence-corrected chi connectivity index (χ1v) is 12.4. The number of nitrogens with one attached hydrogen (secondary N) is 2. The number of nitrogens with two attached hydrogens (primary N) is 1. The van der Waals surface area contributed by atoms with E-state index in [4.69, 9.17) is 10.8 Å². The summed E-state index contributed by atoms with van der Waals surface area (Å²) in [4.78, 5) is 62.4. The molecule has 202 valence electrons. The summed E-state index contributed by atoms with van der Waals surface area (Å²) in [7, 11) is -4.84. The van der Waals surface area contributed by atoms with Crippen molar-refractivity contribution in [1.82, 2.24) is 25.3 Å². The van der Waals surface area contributed by atoms with Crippen LogP contribution < -0.4 is 21.5 Å². The van der Waals surface area contributed by atoms with Crippen LogP contribution in [0, 0.1) is 0 Å². The van der Waals surface area contributed by atoms with Crippen LogP contribution in [0.1, 0.15) is 28.9 Å². The standard InChI is InChI=1S/C21H22FN7O8S/c22-38(36,37)8-7-29(10-12-9-24-17-16(25-12)19(33)28-21(23)27-17)13-3-1-11(2-4-13)18(32)26-14(20(34)35)5-6-15(30)31/h1-4,9,14H,5-8,10H2,(H,26,32)(H,30,31)(H,34,35)(H3,23,24,27,28,33). The summed E-state index contributed by atoms with van der Waals surface area (Å²) in [6.07, 6.45) is 0.503. The van der Waals surface area contributed by atoms with Gasteiger partial charge in [-0.15, -0.1) is 3.89 Å². The Morgan fingerprint density at radius 1 is 1.16 bits per heavy atom. The molecule has 1 atom stereocenters. The zero-order valence-corrected chi connectivity index (χ0v) is 20.3. The van der Waals surface area contributed by atoms with Crippen molar-refractivity contribution < 1.29 is 36.9 Å². The molecule has 1 aromatic carbocycles. The third kappa shape index (κ3) is 7.66. The zero-order valence-electron chi connectivity index (χ0n) is 19.5. The molecule has 1 amide bonds. The second kappa shape index (κ2) is 11.6. The van der Waals surface area contributed by atoms with Crippen molar-refractivity contribution in [1.29, 1.82) is 0 Å². The van der Waals surface area contributed by atoms with Gasteiger partial charge in [0.1, 0.15) is 6.04 Å². The van der Waals surface area contributed by atoms with Gasteiger partial charge in [-0.1, -0.05) is 0 Å². The Labute approximate surface area is 213 Å². The van der Waals surface area contributed by atoms with E-state index in [0.29, 0.717) is 5.69 Å². The van der Waals surface area contributed by atoms with Crippen LogP contribution in [0.4, 0.5) is 15.5 Å². The Bertz CT molecular complexity index is 1530. The predicted molar refractivity (Wildman–Crippen MR) is 131 cm³/mol. The fraction of sp³-hybridized carbons (Fsp3) is 0.286. The van der Waals surface area contributed by atoms with Crippen LogP contribution in [0.2, 0.25) is 0 Å². The number of carbonyl (C=O) groups is 3. The fourth-order valence-electron chi connectivity index (χ4n) is 3.35. The van der Waals surface area contributed by atoms with Crippen LogP contribution >= 0.6 is 0 Å². The monoisotopic (exact) mass is 551 g/mol. The predicted octanol–water partition coefficient (Wildman–Crippen LogP) is -0.351. The summed E-state index contributed by atoms with van der Waals surface area (Å²) < 4.78 is 35.6. The molecule has 2 heterocycles. The van der Waals surface area contributed by atoms with Crippen LogP contribution in [0.25, 0.3) is 11.2 Å². The highest BCUT2D eigenvalue weighted by molar-refractivity contribution is 7.86. The van der Waals surface area contributed by atoms with E-state index in [2.05, 4.69) is 25.3 Å². The summed E-state index contributed by atoms with van der Waals surface area (Å²) in [6, 6.07) is 4.04. The van der Waals surface area contributed by atoms with Crippen molar-refractivity contribution >= 4 is 50.9 Å². The number of nitrogen functional groups attached to an aromatic ring is 1. The highest BCUT2D eigenvalue weighted by Crippen LogP contribution is 2.19. The molecule has 6 N–H and O–H groups in total. The molecular formula is C21H22FN7O8S. The Balaban J connectivity index is 1.83. The first kappa shape index (κ1) is 27.9. The average Bonchev–Trinajstić information content (AvgIpc) is 2.83. The van der Waals surface area contributed by atoms with Crippen molar-refractivity contribution in [3.05, 3.63) is 52.1 Å². The molecule has 15 nitrogen and oxygen atoms in total. The van der Waals surface area contributed by atoms with E-state index in [1.54, 1.807) is 0 Å². The molecule has 1 unspecified atom stereocenters. The number of aliphatic carboxylic acids is 2. The largest absolute Gasteiger partial charge is 0.481 e. The maximum absolute atomic E-state index is 13.3. The van der Waals surface area contributed by atoms with Gasteiger partial charge in [0, 0.05) is 24.2 Å². The van der Waals surface area contributed by atoms with Gasteiger partial charge in [0.15, 0.2) is 11.2 Å². The molecule has 3 aromatic rings. The van der Waals surface area contributed by atoms with Crippen molar-refractivity contribution in [2.24, 2.45) is 0 Å². The van der Waals surface area contributed by atoms with Gasteiger partial charge < -0.3 is 26.2 Å². The van der Waals surface area contributed by atoms with E-state index in [0.717, 1.165) is 0 Å². The Kier molecular flexibility index (Phi) is 8.51. The zero-order chi connectivity index (χ0) is 28.0. The van der Waals surface area contributed by atoms with Crippen LogP contribution in [0.15, 0.2) is 35.3 Å². The number of hydrogen-bond donors (Lipinski definition) is 5. The molecule has 0 radical (unpaired) electrons. The number of benzene rings is 1. The maximum Gasteiger partial charge on any atom is 0.326 e. The van der Waals surface area contributed by atoms with E-state index < -0.39 is 51.8 Å². The van der Waals surface area contributed by atoms with Crippen LogP contribution in [-0.2, 0) is 26.4 Å². The number of amides is 1. The van der Waals surface area contributed by atoms with E-state index >= 15 is 0 Å². The lowest BCUT2D eigenvalue weighted by atomic mass is 10.1. The molecule has 3 rings (SSSR count). The molecular weight excluding hydrogens is 529 g/mol. The third-order valence-corrected chi connectivity index (χ3v) is 5.86. The third-order valence-electron chi connectivity index (χ3n) is 5.19. The van der Waals surface area contributed by atoms with E-state index in [-0.39, 0.29) is 47.9 Å². The van der Waals surface area contributed by atoms with Crippen molar-refractivity contribution in [2.45, 2.75) is 25.4 Å². The molecule has 0 fully saturated rings. The van der Waals surface area contributed by atoms with E-state index in [1.165, 1.54) is 35.4 Å². The number of anilines is 2. The summed E-state index contributed by atoms with van der Waals surface area (Å²) in [5.74, 6) is -4.41. The van der Waals surface area contributed by atoms with Gasteiger partial charge in [0.05, 0.1) is 24.2 Å². The lowest BCUT2D eigenvalue weighted by Crippen LogP contribution is -2.41. The second-order valence-electron chi connectivity index (χ2n) is 7.99. The highest BCUT2D eigenvalue weighted by atomic mass is 32.3. The second-order valence-corrected chi connectivity index (χ2v) is 9.48. The molecule has 2 aromatic heterocycles. The topological polar surface area (TPSA) is 239 Å². The van der Waals surface area contributed by atoms with Gasteiger partial charge in [-0.25, -0.2) is 14.8 Å². The molecule has 38 heavy (non-hydrogen) atoms. The molecule has 0 aliphatic carbocycles. The minimum absolute atomic E-state index is 0.00808. The van der Waals surface area contributed by atoms with Crippen LogP contribution in [-0.4, -0.2) is 74.8 Å². The first-order valence-electron chi connectivity index (χ1n) is 10.9. The van der Waals surface area contributed by atoms with Crippen molar-refractivity contribution in [3.63, 3.8) is 0 Å². The van der Waals surface area contributed by atoms with Crippen molar-refractivity contribution in [3.8, 4) is 0 Å². The lowest BCUT2D eigenvalue weighted by Gasteiger charge is -2.24. The van der Waals surface area contributed by atoms with Crippen molar-refractivity contribution in [2.75, 3.05) is 22.9 Å². The number of fused-ring (bicyclic) bond motifs is 1. The number of hydrogen-bond acceptors (Lipinski definition) is 11. The van der Waals surface area contributed by atoms with Gasteiger partial charge in [-0.3, -0.25) is 19.4 Å². The number of carbonyl (C=O) groups excluding carboxylic acids is 1. The maximum atomic E-state index is 13.3.